The number of hydrogen-bond donors (Lipinski definition) is 1. The summed E-state index contributed by atoms with van der Waals surface area (Å²) >= 11 is 5.80. The molecule has 0 spiro atoms. The van der Waals surface area contributed by atoms with Crippen LogP contribution >= 0.6 is 24.4 Å². The standard InChI is InChI=1S/C14H19NO3S3/c1-2-21(17,18)14-10-20-8-7-15(14)13(16)9-11-3-5-12(19)6-4-11/h3-6,14,19H,2,7-10H2,1H3. The number of thioether (sulfide) groups is 1. The van der Waals surface area contributed by atoms with Gasteiger partial charge in [0.25, 0.3) is 0 Å². The predicted molar refractivity (Wildman–Crippen MR) is 89.7 cm³/mol. The van der Waals surface area contributed by atoms with Crippen molar-refractivity contribution in [1.82, 2.24) is 4.90 Å². The molecule has 4 nitrogen and oxygen atoms in total. The van der Waals surface area contributed by atoms with Crippen LogP contribution in [0, 0.1) is 0 Å². The van der Waals surface area contributed by atoms with Crippen molar-refractivity contribution in [2.24, 2.45) is 0 Å². The maximum absolute atomic E-state index is 12.5. The second kappa shape index (κ2) is 7.07. The zero-order valence-corrected chi connectivity index (χ0v) is 14.4. The van der Waals surface area contributed by atoms with Crippen LogP contribution in [0.2, 0.25) is 0 Å². The second-order valence-electron chi connectivity index (χ2n) is 4.91. The van der Waals surface area contributed by atoms with Crippen LogP contribution in [0.25, 0.3) is 0 Å². The molecule has 1 aromatic carbocycles. The molecule has 1 heterocycles. The molecule has 0 aromatic heterocycles. The Balaban J connectivity index is 2.13. The molecule has 7 heteroatoms. The second-order valence-corrected chi connectivity index (χ2v) is 9.02. The van der Waals surface area contributed by atoms with Crippen LogP contribution in [0.1, 0.15) is 12.5 Å². The van der Waals surface area contributed by atoms with Crippen molar-refractivity contribution in [3.63, 3.8) is 0 Å². The molecule has 1 saturated heterocycles. The smallest absolute Gasteiger partial charge is 0.228 e. The third-order valence-corrected chi connectivity index (χ3v) is 7.10. The van der Waals surface area contributed by atoms with Gasteiger partial charge in [-0.3, -0.25) is 4.79 Å². The summed E-state index contributed by atoms with van der Waals surface area (Å²) in [5.74, 6) is 1.20. The van der Waals surface area contributed by atoms with Crippen LogP contribution in [0.4, 0.5) is 0 Å². The van der Waals surface area contributed by atoms with E-state index in [4.69, 9.17) is 0 Å². The van der Waals surface area contributed by atoms with Gasteiger partial charge in [0.2, 0.25) is 5.91 Å². The third-order valence-electron chi connectivity index (χ3n) is 3.51. The van der Waals surface area contributed by atoms with Crippen LogP contribution < -0.4 is 0 Å². The lowest BCUT2D eigenvalue weighted by Crippen LogP contribution is -2.51. The summed E-state index contributed by atoms with van der Waals surface area (Å²) in [5, 5.41) is -0.682. The molecule has 0 radical (unpaired) electrons. The molecule has 1 aliphatic rings. The highest BCUT2D eigenvalue weighted by Gasteiger charge is 2.35. The van der Waals surface area contributed by atoms with Gasteiger partial charge >= 0.3 is 0 Å². The van der Waals surface area contributed by atoms with Crippen molar-refractivity contribution in [1.29, 1.82) is 0 Å². The molecule has 2 rings (SSSR count). The molecule has 1 aliphatic heterocycles. The minimum absolute atomic E-state index is 0.0658. The quantitative estimate of drug-likeness (QED) is 0.846. The number of sulfone groups is 1. The molecular weight excluding hydrogens is 326 g/mol. The molecule has 0 N–H and O–H groups in total. The first-order valence-electron chi connectivity index (χ1n) is 6.80. The minimum atomic E-state index is -3.24. The molecule has 0 bridgehead atoms. The highest BCUT2D eigenvalue weighted by atomic mass is 32.2. The van der Waals surface area contributed by atoms with E-state index in [-0.39, 0.29) is 18.1 Å². The van der Waals surface area contributed by atoms with E-state index in [1.165, 1.54) is 4.90 Å². The number of amides is 1. The molecular formula is C14H19NO3S3. The average molecular weight is 346 g/mol. The van der Waals surface area contributed by atoms with Gasteiger partial charge in [0, 0.05) is 28.7 Å². The Hall–Kier alpha value is -0.660. The van der Waals surface area contributed by atoms with Crippen LogP contribution in [-0.2, 0) is 21.1 Å². The maximum atomic E-state index is 12.5. The van der Waals surface area contributed by atoms with E-state index in [0.717, 1.165) is 16.2 Å². The fourth-order valence-electron chi connectivity index (χ4n) is 2.25. The van der Waals surface area contributed by atoms with E-state index in [9.17, 15) is 13.2 Å². The Morgan fingerprint density at radius 2 is 2.05 bits per heavy atom. The van der Waals surface area contributed by atoms with Gasteiger partial charge in [0.05, 0.1) is 6.42 Å². The molecule has 1 amide bonds. The largest absolute Gasteiger partial charge is 0.324 e. The van der Waals surface area contributed by atoms with E-state index in [1.54, 1.807) is 18.7 Å². The van der Waals surface area contributed by atoms with Gasteiger partial charge < -0.3 is 4.90 Å². The first-order valence-corrected chi connectivity index (χ1v) is 10.1. The molecule has 0 saturated carbocycles. The van der Waals surface area contributed by atoms with Crippen molar-refractivity contribution < 1.29 is 13.2 Å². The van der Waals surface area contributed by atoms with Crippen molar-refractivity contribution in [2.45, 2.75) is 23.6 Å². The first kappa shape index (κ1) is 16.7. The topological polar surface area (TPSA) is 54.5 Å². The molecule has 1 fully saturated rings. The highest BCUT2D eigenvalue weighted by molar-refractivity contribution is 8.01. The number of hydrogen-bond acceptors (Lipinski definition) is 5. The monoisotopic (exact) mass is 345 g/mol. The van der Waals surface area contributed by atoms with E-state index < -0.39 is 15.2 Å². The Morgan fingerprint density at radius 3 is 2.67 bits per heavy atom. The first-order chi connectivity index (χ1) is 9.94. The van der Waals surface area contributed by atoms with E-state index in [0.29, 0.717) is 12.3 Å². The Bertz CT molecular complexity index is 598. The molecule has 21 heavy (non-hydrogen) atoms. The average Bonchev–Trinajstić information content (AvgIpc) is 2.49. The molecule has 0 aliphatic carbocycles. The van der Waals surface area contributed by atoms with Gasteiger partial charge in [-0.25, -0.2) is 8.42 Å². The fourth-order valence-corrected chi connectivity index (χ4v) is 5.38. The van der Waals surface area contributed by atoms with Crippen molar-refractivity contribution in [3.8, 4) is 0 Å². The number of carbonyl (C=O) groups excluding carboxylic acids is 1. The number of carbonyl (C=O) groups is 1. The van der Waals surface area contributed by atoms with Crippen LogP contribution in [-0.4, -0.2) is 48.4 Å². The SMILES string of the molecule is CCS(=O)(=O)C1CSCCN1C(=O)Cc1ccc(S)cc1. The predicted octanol–water partition coefficient (Wildman–Crippen LogP) is 1.85. The van der Waals surface area contributed by atoms with Gasteiger partial charge in [-0.15, -0.1) is 12.6 Å². The number of nitrogens with zero attached hydrogens (tertiary/aromatic N) is 1. The molecule has 1 aromatic rings. The summed E-state index contributed by atoms with van der Waals surface area (Å²) in [4.78, 5) is 14.8. The van der Waals surface area contributed by atoms with Crippen molar-refractivity contribution in [2.75, 3.05) is 23.8 Å². The van der Waals surface area contributed by atoms with Gasteiger partial charge in [-0.05, 0) is 17.7 Å². The lowest BCUT2D eigenvalue weighted by molar-refractivity contribution is -0.130. The highest BCUT2D eigenvalue weighted by Crippen LogP contribution is 2.22. The summed E-state index contributed by atoms with van der Waals surface area (Å²) in [7, 11) is -3.24. The minimum Gasteiger partial charge on any atom is -0.324 e. The summed E-state index contributed by atoms with van der Waals surface area (Å²) in [6.45, 7) is 2.13. The summed E-state index contributed by atoms with van der Waals surface area (Å²) in [5.41, 5.74) is 0.878. The van der Waals surface area contributed by atoms with Gasteiger partial charge in [-0.2, -0.15) is 11.8 Å². The zero-order valence-electron chi connectivity index (χ0n) is 11.9. The normalized spacial score (nSPS) is 19.5. The van der Waals surface area contributed by atoms with Crippen LogP contribution in [0.5, 0.6) is 0 Å². The van der Waals surface area contributed by atoms with Crippen LogP contribution in [0.3, 0.4) is 0 Å². The van der Waals surface area contributed by atoms with Gasteiger partial charge in [-0.1, -0.05) is 19.1 Å². The molecule has 116 valence electrons. The maximum Gasteiger partial charge on any atom is 0.228 e. The summed E-state index contributed by atoms with van der Waals surface area (Å²) in [6.07, 6.45) is 0.231. The van der Waals surface area contributed by atoms with Gasteiger partial charge in [0.15, 0.2) is 9.84 Å². The molecule has 1 unspecified atom stereocenters. The Labute approximate surface area is 135 Å². The summed E-state index contributed by atoms with van der Waals surface area (Å²) in [6, 6.07) is 7.36. The summed E-state index contributed by atoms with van der Waals surface area (Å²) < 4.78 is 24.3. The van der Waals surface area contributed by atoms with E-state index in [2.05, 4.69) is 12.6 Å². The third kappa shape index (κ3) is 4.17. The number of thiol groups is 1. The van der Waals surface area contributed by atoms with Crippen LogP contribution in [0.15, 0.2) is 29.2 Å². The van der Waals surface area contributed by atoms with E-state index in [1.807, 2.05) is 24.3 Å². The number of rotatable bonds is 4. The number of benzene rings is 1. The molecule has 1 atom stereocenters. The van der Waals surface area contributed by atoms with Crippen molar-refractivity contribution >= 4 is 40.1 Å². The fraction of sp³-hybridized carbons (Fsp3) is 0.500. The Kier molecular flexibility index (Phi) is 5.62. The lowest BCUT2D eigenvalue weighted by atomic mass is 10.1. The van der Waals surface area contributed by atoms with Crippen molar-refractivity contribution in [3.05, 3.63) is 29.8 Å². The lowest BCUT2D eigenvalue weighted by Gasteiger charge is -2.34. The Morgan fingerprint density at radius 1 is 1.38 bits per heavy atom. The zero-order chi connectivity index (χ0) is 15.5. The van der Waals surface area contributed by atoms with E-state index >= 15 is 0 Å². The van der Waals surface area contributed by atoms with Gasteiger partial charge in [0.1, 0.15) is 5.37 Å².